The van der Waals surface area contributed by atoms with Crippen molar-refractivity contribution >= 4 is 5.69 Å². The number of nitrogens with zero attached hydrogens (tertiary/aromatic N) is 1. The van der Waals surface area contributed by atoms with Crippen molar-refractivity contribution in [3.05, 3.63) is 41.7 Å². The first kappa shape index (κ1) is 17.0. The number of hydrogen-bond acceptors (Lipinski definition) is 1. The quantitative estimate of drug-likeness (QED) is 0.794. The Kier molecular flexibility index (Phi) is 6.44. The molecule has 0 aliphatic carbocycles. The normalized spacial score (nSPS) is 17.4. The van der Waals surface area contributed by atoms with E-state index in [1.807, 2.05) is 12.1 Å². The highest BCUT2D eigenvalue weighted by atomic mass is 19.1. The summed E-state index contributed by atoms with van der Waals surface area (Å²) in [5, 5.41) is 0. The average Bonchev–Trinajstić information content (AvgIpc) is 2.48. The molecule has 1 fully saturated rings. The summed E-state index contributed by atoms with van der Waals surface area (Å²) in [5.41, 5.74) is 2.18. The van der Waals surface area contributed by atoms with Crippen molar-refractivity contribution in [1.82, 2.24) is 0 Å². The van der Waals surface area contributed by atoms with Gasteiger partial charge in [-0.2, -0.15) is 0 Å². The standard InChI is InChI=1S/C19H29FN2/c1-16(2)7-6-8-17(3)15-21-11-13-22(14-12-21)19-10-5-4-9-18(19)20/h4-5,7,9-10,17H,6,8,11-15H2,1-3H3/p+1/t17-/m0/s1. The topological polar surface area (TPSA) is 7.68 Å². The second-order valence-electron chi connectivity index (χ2n) is 6.86. The molecule has 122 valence electrons. The second-order valence-corrected chi connectivity index (χ2v) is 6.86. The Labute approximate surface area is 134 Å². The molecule has 1 aromatic rings. The highest BCUT2D eigenvalue weighted by Crippen LogP contribution is 2.18. The molecular weight excluding hydrogens is 275 g/mol. The van der Waals surface area contributed by atoms with Gasteiger partial charge in [0.05, 0.1) is 38.4 Å². The Bertz CT molecular complexity index is 486. The van der Waals surface area contributed by atoms with E-state index < -0.39 is 0 Å². The highest BCUT2D eigenvalue weighted by Gasteiger charge is 2.22. The Morgan fingerprint density at radius 1 is 1.27 bits per heavy atom. The van der Waals surface area contributed by atoms with E-state index in [-0.39, 0.29) is 5.82 Å². The minimum absolute atomic E-state index is 0.0963. The lowest BCUT2D eigenvalue weighted by atomic mass is 10.0. The summed E-state index contributed by atoms with van der Waals surface area (Å²) in [5.74, 6) is 0.659. The largest absolute Gasteiger partial charge is 0.358 e. The van der Waals surface area contributed by atoms with Gasteiger partial charge < -0.3 is 9.80 Å². The van der Waals surface area contributed by atoms with E-state index in [2.05, 4.69) is 31.7 Å². The fourth-order valence-corrected chi connectivity index (χ4v) is 3.23. The maximum atomic E-state index is 13.8. The summed E-state index contributed by atoms with van der Waals surface area (Å²) in [6.07, 6.45) is 4.80. The second kappa shape index (κ2) is 8.33. The third-order valence-corrected chi connectivity index (χ3v) is 4.51. The predicted molar refractivity (Wildman–Crippen MR) is 92.0 cm³/mol. The van der Waals surface area contributed by atoms with Crippen molar-refractivity contribution in [2.45, 2.75) is 33.6 Å². The maximum absolute atomic E-state index is 13.8. The minimum atomic E-state index is -0.0963. The van der Waals surface area contributed by atoms with Gasteiger partial charge in [0.1, 0.15) is 5.82 Å². The van der Waals surface area contributed by atoms with Gasteiger partial charge in [-0.05, 0) is 38.8 Å². The zero-order chi connectivity index (χ0) is 15.9. The number of piperazine rings is 1. The zero-order valence-electron chi connectivity index (χ0n) is 14.2. The zero-order valence-corrected chi connectivity index (χ0v) is 14.2. The van der Waals surface area contributed by atoms with E-state index in [1.165, 1.54) is 25.0 Å². The van der Waals surface area contributed by atoms with Gasteiger partial charge in [-0.15, -0.1) is 0 Å². The van der Waals surface area contributed by atoms with Gasteiger partial charge >= 0.3 is 0 Å². The lowest BCUT2D eigenvalue weighted by Gasteiger charge is -2.34. The van der Waals surface area contributed by atoms with Gasteiger partial charge in [0.25, 0.3) is 0 Å². The summed E-state index contributed by atoms with van der Waals surface area (Å²) in [4.78, 5) is 3.85. The number of hydrogen-bond donors (Lipinski definition) is 1. The molecule has 1 aromatic carbocycles. The Morgan fingerprint density at radius 2 is 1.95 bits per heavy atom. The van der Waals surface area contributed by atoms with Crippen LogP contribution in [-0.2, 0) is 0 Å². The summed E-state index contributed by atoms with van der Waals surface area (Å²) < 4.78 is 13.8. The van der Waals surface area contributed by atoms with Crippen LogP contribution in [0.25, 0.3) is 0 Å². The molecule has 0 unspecified atom stereocenters. The maximum Gasteiger partial charge on any atom is 0.146 e. The third kappa shape index (κ3) is 5.13. The van der Waals surface area contributed by atoms with Crippen LogP contribution in [0.15, 0.2) is 35.9 Å². The molecule has 3 heteroatoms. The fraction of sp³-hybridized carbons (Fsp3) is 0.579. The first-order valence-electron chi connectivity index (χ1n) is 8.52. The van der Waals surface area contributed by atoms with E-state index in [9.17, 15) is 4.39 Å². The summed E-state index contributed by atoms with van der Waals surface area (Å²) in [6.45, 7) is 12.1. The lowest BCUT2D eigenvalue weighted by Crippen LogP contribution is -3.15. The molecule has 0 aromatic heterocycles. The Hall–Kier alpha value is -1.35. The van der Waals surface area contributed by atoms with Gasteiger partial charge in [0.15, 0.2) is 0 Å². The van der Waals surface area contributed by atoms with Gasteiger partial charge in [-0.1, -0.05) is 30.7 Å². The van der Waals surface area contributed by atoms with Crippen LogP contribution in [0.2, 0.25) is 0 Å². The number of benzene rings is 1. The van der Waals surface area contributed by atoms with E-state index in [1.54, 1.807) is 17.0 Å². The van der Waals surface area contributed by atoms with Crippen molar-refractivity contribution in [3.63, 3.8) is 0 Å². The lowest BCUT2D eigenvalue weighted by molar-refractivity contribution is -0.903. The molecule has 0 spiro atoms. The van der Waals surface area contributed by atoms with Crippen molar-refractivity contribution < 1.29 is 9.29 Å². The minimum Gasteiger partial charge on any atom is -0.358 e. The molecule has 1 saturated heterocycles. The monoisotopic (exact) mass is 305 g/mol. The van der Waals surface area contributed by atoms with Crippen molar-refractivity contribution in [1.29, 1.82) is 0 Å². The number of allylic oxidation sites excluding steroid dienone is 2. The first-order chi connectivity index (χ1) is 10.6. The molecule has 0 radical (unpaired) electrons. The molecule has 0 saturated carbocycles. The molecule has 0 amide bonds. The van der Waals surface area contributed by atoms with Crippen LogP contribution in [-0.4, -0.2) is 32.7 Å². The third-order valence-electron chi connectivity index (χ3n) is 4.51. The van der Waals surface area contributed by atoms with Crippen LogP contribution in [0.3, 0.4) is 0 Å². The van der Waals surface area contributed by atoms with Crippen LogP contribution in [0.1, 0.15) is 33.6 Å². The highest BCUT2D eigenvalue weighted by molar-refractivity contribution is 5.47. The SMILES string of the molecule is CC(C)=CCC[C@H](C)C[NH+]1CCN(c2ccccc2F)CC1. The van der Waals surface area contributed by atoms with E-state index in [0.29, 0.717) is 0 Å². The van der Waals surface area contributed by atoms with E-state index in [0.717, 1.165) is 37.8 Å². The van der Waals surface area contributed by atoms with Crippen LogP contribution in [0.4, 0.5) is 10.1 Å². The molecule has 1 N–H and O–H groups in total. The fourth-order valence-electron chi connectivity index (χ4n) is 3.23. The molecule has 2 rings (SSSR count). The van der Waals surface area contributed by atoms with Gasteiger partial charge in [0, 0.05) is 5.92 Å². The Balaban J connectivity index is 1.75. The van der Waals surface area contributed by atoms with Crippen LogP contribution < -0.4 is 9.80 Å². The van der Waals surface area contributed by atoms with Gasteiger partial charge in [-0.3, -0.25) is 0 Å². The molecule has 2 nitrogen and oxygen atoms in total. The molecule has 1 aliphatic heterocycles. The number of halogens is 1. The van der Waals surface area contributed by atoms with Crippen molar-refractivity contribution in [2.24, 2.45) is 5.92 Å². The van der Waals surface area contributed by atoms with Crippen LogP contribution >= 0.6 is 0 Å². The Morgan fingerprint density at radius 3 is 2.59 bits per heavy atom. The molecule has 0 bridgehead atoms. The average molecular weight is 305 g/mol. The molecule has 1 atom stereocenters. The first-order valence-corrected chi connectivity index (χ1v) is 8.52. The molecule has 1 aliphatic rings. The number of nitrogens with one attached hydrogen (secondary N) is 1. The summed E-state index contributed by atoms with van der Waals surface area (Å²) in [7, 11) is 0. The van der Waals surface area contributed by atoms with Crippen LogP contribution in [0.5, 0.6) is 0 Å². The van der Waals surface area contributed by atoms with Gasteiger partial charge in [0.2, 0.25) is 0 Å². The molecule has 1 heterocycles. The summed E-state index contributed by atoms with van der Waals surface area (Å²) >= 11 is 0. The van der Waals surface area contributed by atoms with E-state index in [4.69, 9.17) is 0 Å². The predicted octanol–water partition coefficient (Wildman–Crippen LogP) is 2.91. The van der Waals surface area contributed by atoms with Gasteiger partial charge in [-0.25, -0.2) is 4.39 Å². The summed E-state index contributed by atoms with van der Waals surface area (Å²) in [6, 6.07) is 7.12. The van der Waals surface area contributed by atoms with Crippen molar-refractivity contribution in [3.8, 4) is 0 Å². The number of quaternary nitrogens is 1. The van der Waals surface area contributed by atoms with E-state index >= 15 is 0 Å². The molecule has 22 heavy (non-hydrogen) atoms. The number of rotatable bonds is 6. The number of anilines is 1. The number of para-hydroxylation sites is 1. The van der Waals surface area contributed by atoms with Crippen LogP contribution in [0, 0.1) is 11.7 Å². The molecular formula is C19H30FN2+. The smallest absolute Gasteiger partial charge is 0.146 e. The van der Waals surface area contributed by atoms with Crippen molar-refractivity contribution in [2.75, 3.05) is 37.6 Å².